The summed E-state index contributed by atoms with van der Waals surface area (Å²) in [5.74, 6) is 0.220. The summed E-state index contributed by atoms with van der Waals surface area (Å²) < 4.78 is 0. The summed E-state index contributed by atoms with van der Waals surface area (Å²) in [4.78, 5) is 21.0. The molecule has 0 saturated heterocycles. The summed E-state index contributed by atoms with van der Waals surface area (Å²) in [7, 11) is 0. The van der Waals surface area contributed by atoms with Crippen LogP contribution in [0.2, 0.25) is 0 Å². The molecule has 4 aromatic rings. The molecule has 0 fully saturated rings. The molecule has 2 aromatic carbocycles. The third-order valence-corrected chi connectivity index (χ3v) is 6.28. The molecule has 4 rings (SSSR count). The van der Waals surface area contributed by atoms with E-state index in [0.29, 0.717) is 13.0 Å². The Morgan fingerprint density at radius 2 is 1.76 bits per heavy atom. The molecule has 0 spiro atoms. The molecule has 0 radical (unpaired) electrons. The number of para-hydroxylation sites is 1. The maximum absolute atomic E-state index is 13.1. The number of amides is 1. The number of carbonyl (C=O) groups is 1. The quantitative estimate of drug-likeness (QED) is 0.401. The molecule has 148 valence electrons. The number of aromatic nitrogens is 1. The van der Waals surface area contributed by atoms with Gasteiger partial charge >= 0.3 is 0 Å². The molecule has 1 amide bonds. The first-order valence-corrected chi connectivity index (χ1v) is 10.9. The number of thiophene rings is 1. The van der Waals surface area contributed by atoms with Crippen molar-refractivity contribution in [1.29, 1.82) is 0 Å². The average molecular weight is 403 g/mol. The molecule has 0 aliphatic rings. The zero-order valence-electron chi connectivity index (χ0n) is 16.7. The monoisotopic (exact) mass is 402 g/mol. The van der Waals surface area contributed by atoms with Crippen LogP contribution in [0.15, 0.2) is 72.9 Å². The summed E-state index contributed by atoms with van der Waals surface area (Å²) in [6.45, 7) is 3.55. The van der Waals surface area contributed by atoms with Crippen LogP contribution >= 0.6 is 11.3 Å². The largest absolute Gasteiger partial charge is 0.361 e. The Morgan fingerprint density at radius 3 is 2.55 bits per heavy atom. The standard InChI is InChI=1S/C25H26N2OS/c1-19-11-13-22(29-19)18-27(16-15-20-7-3-2-4-8-20)25(28)14-12-21-17-26-24-10-6-5-9-23(21)24/h2-11,13,17,26H,12,14-16,18H2,1H3. The van der Waals surface area contributed by atoms with E-state index in [9.17, 15) is 4.79 Å². The summed E-state index contributed by atoms with van der Waals surface area (Å²) >= 11 is 1.77. The fourth-order valence-electron chi connectivity index (χ4n) is 3.70. The van der Waals surface area contributed by atoms with Crippen LogP contribution < -0.4 is 0 Å². The van der Waals surface area contributed by atoms with Gasteiger partial charge in [-0.2, -0.15) is 0 Å². The van der Waals surface area contributed by atoms with Gasteiger partial charge in [-0.05, 0) is 49.1 Å². The highest BCUT2D eigenvalue weighted by molar-refractivity contribution is 7.11. The molecule has 4 heteroatoms. The number of hydrogen-bond donors (Lipinski definition) is 1. The highest BCUT2D eigenvalue weighted by atomic mass is 32.1. The molecule has 2 heterocycles. The van der Waals surface area contributed by atoms with Crippen molar-refractivity contribution in [3.8, 4) is 0 Å². The highest BCUT2D eigenvalue weighted by Gasteiger charge is 2.16. The number of H-pyrrole nitrogens is 1. The Morgan fingerprint density at radius 1 is 0.966 bits per heavy atom. The van der Waals surface area contributed by atoms with Crippen molar-refractivity contribution in [3.63, 3.8) is 0 Å². The van der Waals surface area contributed by atoms with Crippen molar-refractivity contribution >= 4 is 28.1 Å². The van der Waals surface area contributed by atoms with Gasteiger partial charge in [-0.3, -0.25) is 4.79 Å². The zero-order valence-corrected chi connectivity index (χ0v) is 17.5. The predicted molar refractivity (Wildman–Crippen MR) is 121 cm³/mol. The van der Waals surface area contributed by atoms with Crippen molar-refractivity contribution in [1.82, 2.24) is 9.88 Å². The van der Waals surface area contributed by atoms with E-state index in [-0.39, 0.29) is 5.91 Å². The third-order valence-electron chi connectivity index (χ3n) is 5.29. The van der Waals surface area contributed by atoms with Gasteiger partial charge in [-0.1, -0.05) is 48.5 Å². The van der Waals surface area contributed by atoms with E-state index < -0.39 is 0 Å². The lowest BCUT2D eigenvalue weighted by molar-refractivity contribution is -0.131. The third kappa shape index (κ3) is 4.96. The van der Waals surface area contributed by atoms with Gasteiger partial charge in [0, 0.05) is 39.8 Å². The lowest BCUT2D eigenvalue weighted by Crippen LogP contribution is -2.32. The van der Waals surface area contributed by atoms with E-state index in [1.165, 1.54) is 26.3 Å². The zero-order chi connectivity index (χ0) is 20.1. The molecular formula is C25H26N2OS. The van der Waals surface area contributed by atoms with E-state index >= 15 is 0 Å². The van der Waals surface area contributed by atoms with Crippen molar-refractivity contribution in [2.24, 2.45) is 0 Å². The van der Waals surface area contributed by atoms with Gasteiger partial charge in [-0.15, -0.1) is 11.3 Å². The van der Waals surface area contributed by atoms with Crippen LogP contribution in [0.1, 0.15) is 27.3 Å². The van der Waals surface area contributed by atoms with Crippen LogP contribution in [0.25, 0.3) is 10.9 Å². The van der Waals surface area contributed by atoms with Crippen molar-refractivity contribution in [3.05, 3.63) is 93.8 Å². The molecule has 3 nitrogen and oxygen atoms in total. The summed E-state index contributed by atoms with van der Waals surface area (Å²) in [5.41, 5.74) is 3.61. The van der Waals surface area contributed by atoms with E-state index in [4.69, 9.17) is 0 Å². The number of aryl methyl sites for hydroxylation is 2. The molecule has 0 atom stereocenters. The lowest BCUT2D eigenvalue weighted by Gasteiger charge is -2.22. The van der Waals surface area contributed by atoms with Crippen molar-refractivity contribution in [2.75, 3.05) is 6.54 Å². The van der Waals surface area contributed by atoms with Gasteiger partial charge in [0.1, 0.15) is 0 Å². The number of hydrogen-bond acceptors (Lipinski definition) is 2. The Labute approximate surface area is 176 Å². The van der Waals surface area contributed by atoms with Gasteiger partial charge in [-0.25, -0.2) is 0 Å². The number of benzene rings is 2. The van der Waals surface area contributed by atoms with Gasteiger partial charge in [0.2, 0.25) is 5.91 Å². The van der Waals surface area contributed by atoms with E-state index in [1.807, 2.05) is 29.3 Å². The molecule has 2 aromatic heterocycles. The first-order chi connectivity index (χ1) is 14.2. The molecule has 0 aliphatic carbocycles. The lowest BCUT2D eigenvalue weighted by atomic mass is 10.1. The number of nitrogens with zero attached hydrogens (tertiary/aromatic N) is 1. The fourth-order valence-corrected chi connectivity index (χ4v) is 4.60. The van der Waals surface area contributed by atoms with Gasteiger partial charge in [0.25, 0.3) is 0 Å². The Kier molecular flexibility index (Phi) is 6.11. The molecule has 0 bridgehead atoms. The Balaban J connectivity index is 1.44. The maximum Gasteiger partial charge on any atom is 0.223 e. The van der Waals surface area contributed by atoms with Crippen molar-refractivity contribution < 1.29 is 4.79 Å². The van der Waals surface area contributed by atoms with Crippen LogP contribution in [0.5, 0.6) is 0 Å². The number of carbonyl (C=O) groups excluding carboxylic acids is 1. The maximum atomic E-state index is 13.1. The summed E-state index contributed by atoms with van der Waals surface area (Å²) in [5, 5.41) is 1.21. The molecule has 0 aliphatic heterocycles. The number of aromatic amines is 1. The minimum absolute atomic E-state index is 0.220. The topological polar surface area (TPSA) is 36.1 Å². The van der Waals surface area contributed by atoms with Crippen LogP contribution in [0.3, 0.4) is 0 Å². The van der Waals surface area contributed by atoms with E-state index in [1.54, 1.807) is 11.3 Å². The SMILES string of the molecule is Cc1ccc(CN(CCc2ccccc2)C(=O)CCc2c[nH]c3ccccc23)s1. The average Bonchev–Trinajstić information content (AvgIpc) is 3.36. The van der Waals surface area contributed by atoms with Gasteiger partial charge in [0.05, 0.1) is 6.54 Å². The molecule has 1 N–H and O–H groups in total. The minimum atomic E-state index is 0.220. The van der Waals surface area contributed by atoms with E-state index in [0.717, 1.165) is 24.9 Å². The molecule has 0 saturated carbocycles. The van der Waals surface area contributed by atoms with Crippen molar-refractivity contribution in [2.45, 2.75) is 32.7 Å². The van der Waals surface area contributed by atoms with Crippen LogP contribution in [0.4, 0.5) is 0 Å². The fraction of sp³-hybridized carbons (Fsp3) is 0.240. The first kappa shape index (κ1) is 19.5. The second kappa shape index (κ2) is 9.10. The molecular weight excluding hydrogens is 376 g/mol. The normalized spacial score (nSPS) is 11.1. The predicted octanol–water partition coefficient (Wildman–Crippen LogP) is 5.74. The summed E-state index contributed by atoms with van der Waals surface area (Å²) in [6, 6.07) is 22.9. The van der Waals surface area contributed by atoms with Crippen LogP contribution in [-0.4, -0.2) is 22.3 Å². The first-order valence-electron chi connectivity index (χ1n) is 10.1. The Hall–Kier alpha value is -2.85. The molecule has 0 unspecified atom stereocenters. The Bertz CT molecular complexity index is 1080. The second-order valence-electron chi connectivity index (χ2n) is 7.42. The van der Waals surface area contributed by atoms with Crippen LogP contribution in [0, 0.1) is 6.92 Å². The number of fused-ring (bicyclic) bond motifs is 1. The van der Waals surface area contributed by atoms with Crippen LogP contribution in [-0.2, 0) is 24.2 Å². The second-order valence-corrected chi connectivity index (χ2v) is 8.80. The van der Waals surface area contributed by atoms with Gasteiger partial charge in [0.15, 0.2) is 0 Å². The minimum Gasteiger partial charge on any atom is -0.361 e. The highest BCUT2D eigenvalue weighted by Crippen LogP contribution is 2.21. The number of rotatable bonds is 8. The van der Waals surface area contributed by atoms with Gasteiger partial charge < -0.3 is 9.88 Å². The number of nitrogens with one attached hydrogen (secondary N) is 1. The smallest absolute Gasteiger partial charge is 0.223 e. The van der Waals surface area contributed by atoms with E-state index in [2.05, 4.69) is 60.4 Å². The summed E-state index contributed by atoms with van der Waals surface area (Å²) in [6.07, 6.45) is 4.20. The molecule has 29 heavy (non-hydrogen) atoms.